The molecule has 0 spiro atoms. The maximum atomic E-state index is 13.3. The van der Waals surface area contributed by atoms with Gasteiger partial charge in [-0.1, -0.05) is 0 Å². The Hall–Kier alpha value is -5.52. The van der Waals surface area contributed by atoms with Gasteiger partial charge < -0.3 is 24.5 Å². The number of ether oxygens (including phenoxy) is 3. The van der Waals surface area contributed by atoms with E-state index in [0.29, 0.717) is 33.9 Å². The summed E-state index contributed by atoms with van der Waals surface area (Å²) in [5.74, 6) is 0.717. The van der Waals surface area contributed by atoms with Crippen molar-refractivity contribution >= 4 is 22.6 Å². The fraction of sp³-hybridized carbons (Fsp3) is 0.0741. The van der Waals surface area contributed by atoms with E-state index >= 15 is 0 Å². The summed E-state index contributed by atoms with van der Waals surface area (Å²) in [5, 5.41) is 3.20. The normalized spacial score (nSPS) is 10.7. The van der Waals surface area contributed by atoms with Crippen LogP contribution in [-0.2, 0) is 0 Å². The van der Waals surface area contributed by atoms with Crippen molar-refractivity contribution in [1.82, 2.24) is 19.5 Å². The molecule has 0 aliphatic carbocycles. The van der Waals surface area contributed by atoms with Gasteiger partial charge in [-0.3, -0.25) is 14.6 Å². The number of nitrogens with one attached hydrogen (secondary N) is 2. The molecule has 2 N–H and O–H groups in total. The van der Waals surface area contributed by atoms with E-state index in [-0.39, 0.29) is 17.1 Å². The van der Waals surface area contributed by atoms with E-state index in [4.69, 9.17) is 14.2 Å². The highest BCUT2D eigenvalue weighted by atomic mass is 19.1. The molecule has 3 aromatic heterocycles. The molecular weight excluding hydrogens is 509 g/mol. The first-order chi connectivity index (χ1) is 18.9. The number of rotatable bonds is 7. The molecule has 1 amide bonds. The number of H-pyrrole nitrogens is 1. The van der Waals surface area contributed by atoms with Crippen LogP contribution in [0.1, 0.15) is 10.4 Å². The number of anilines is 1. The Morgan fingerprint density at radius 3 is 2.38 bits per heavy atom. The maximum Gasteiger partial charge on any atom is 0.333 e. The van der Waals surface area contributed by atoms with Gasteiger partial charge in [0.2, 0.25) is 0 Å². The SMILES string of the molecule is COc1cc2nccc(Oc3ccc(NC(=O)c4c[nH]c(=O)n(-c5ccc(F)cc5)c4=O)nc3)c2cc1OC. The third-order valence-electron chi connectivity index (χ3n) is 5.72. The Morgan fingerprint density at radius 1 is 0.949 bits per heavy atom. The van der Waals surface area contributed by atoms with Gasteiger partial charge in [-0.15, -0.1) is 0 Å². The van der Waals surface area contributed by atoms with Crippen LogP contribution in [0.5, 0.6) is 23.0 Å². The minimum Gasteiger partial charge on any atom is -0.493 e. The van der Waals surface area contributed by atoms with Crippen LogP contribution < -0.4 is 30.8 Å². The molecule has 0 bridgehead atoms. The summed E-state index contributed by atoms with van der Waals surface area (Å²) < 4.78 is 30.7. The summed E-state index contributed by atoms with van der Waals surface area (Å²) in [6, 6.07) is 13.0. The fourth-order valence-corrected chi connectivity index (χ4v) is 3.82. The van der Waals surface area contributed by atoms with Crippen molar-refractivity contribution in [3.63, 3.8) is 0 Å². The number of fused-ring (bicyclic) bond motifs is 1. The summed E-state index contributed by atoms with van der Waals surface area (Å²) in [6.45, 7) is 0. The molecule has 39 heavy (non-hydrogen) atoms. The number of carbonyl (C=O) groups is 1. The van der Waals surface area contributed by atoms with Crippen molar-refractivity contribution in [2.24, 2.45) is 0 Å². The van der Waals surface area contributed by atoms with Crippen molar-refractivity contribution in [3.05, 3.63) is 105 Å². The smallest absolute Gasteiger partial charge is 0.333 e. The third-order valence-corrected chi connectivity index (χ3v) is 5.72. The van der Waals surface area contributed by atoms with Crippen LogP contribution in [0, 0.1) is 5.82 Å². The molecule has 0 saturated carbocycles. The predicted octanol–water partition coefficient (Wildman–Crippen LogP) is 3.67. The lowest BCUT2D eigenvalue weighted by Crippen LogP contribution is -2.38. The molecule has 0 aliphatic rings. The molecule has 0 atom stereocenters. The van der Waals surface area contributed by atoms with Crippen LogP contribution >= 0.6 is 0 Å². The largest absolute Gasteiger partial charge is 0.493 e. The molecule has 5 aromatic rings. The first-order valence-corrected chi connectivity index (χ1v) is 11.4. The molecular formula is C27H20FN5O6. The number of aromatic nitrogens is 4. The van der Waals surface area contributed by atoms with Gasteiger partial charge in [0.15, 0.2) is 11.5 Å². The first kappa shape index (κ1) is 25.1. The average Bonchev–Trinajstić information content (AvgIpc) is 2.94. The monoisotopic (exact) mass is 529 g/mol. The number of carbonyl (C=O) groups excluding carboxylic acids is 1. The van der Waals surface area contributed by atoms with Gasteiger partial charge in [0, 0.05) is 23.8 Å². The van der Waals surface area contributed by atoms with Gasteiger partial charge >= 0.3 is 5.69 Å². The summed E-state index contributed by atoms with van der Waals surface area (Å²) in [6.07, 6.45) is 4.00. The molecule has 0 aliphatic heterocycles. The van der Waals surface area contributed by atoms with Crippen molar-refractivity contribution in [2.45, 2.75) is 0 Å². The van der Waals surface area contributed by atoms with E-state index in [1.807, 2.05) is 0 Å². The lowest BCUT2D eigenvalue weighted by Gasteiger charge is -2.12. The summed E-state index contributed by atoms with van der Waals surface area (Å²) >= 11 is 0. The molecule has 2 aromatic carbocycles. The Kier molecular flexibility index (Phi) is 6.74. The number of hydrogen-bond donors (Lipinski definition) is 2. The second-order valence-corrected chi connectivity index (χ2v) is 8.09. The topological polar surface area (TPSA) is 137 Å². The Balaban J connectivity index is 1.36. The zero-order valence-electron chi connectivity index (χ0n) is 20.6. The van der Waals surface area contributed by atoms with E-state index in [2.05, 4.69) is 20.3 Å². The van der Waals surface area contributed by atoms with E-state index in [9.17, 15) is 18.8 Å². The fourth-order valence-electron chi connectivity index (χ4n) is 3.82. The lowest BCUT2D eigenvalue weighted by atomic mass is 10.2. The maximum absolute atomic E-state index is 13.3. The Bertz CT molecular complexity index is 1800. The highest BCUT2D eigenvalue weighted by molar-refractivity contribution is 6.03. The van der Waals surface area contributed by atoms with Gasteiger partial charge in [-0.05, 0) is 48.5 Å². The molecule has 0 fully saturated rings. The van der Waals surface area contributed by atoms with Crippen LogP contribution in [0.4, 0.5) is 10.2 Å². The number of hydrogen-bond acceptors (Lipinski definition) is 8. The van der Waals surface area contributed by atoms with Crippen molar-refractivity contribution in [1.29, 1.82) is 0 Å². The first-order valence-electron chi connectivity index (χ1n) is 11.4. The number of amides is 1. The highest BCUT2D eigenvalue weighted by Crippen LogP contribution is 2.36. The lowest BCUT2D eigenvalue weighted by molar-refractivity contribution is 0.102. The molecule has 3 heterocycles. The van der Waals surface area contributed by atoms with Gasteiger partial charge in [0.1, 0.15) is 28.7 Å². The molecule has 12 heteroatoms. The minimum absolute atomic E-state index is 0.108. The van der Waals surface area contributed by atoms with Gasteiger partial charge in [-0.2, -0.15) is 0 Å². The quantitative estimate of drug-likeness (QED) is 0.326. The average molecular weight is 529 g/mol. The zero-order valence-corrected chi connectivity index (χ0v) is 20.6. The van der Waals surface area contributed by atoms with Crippen LogP contribution in [0.25, 0.3) is 16.6 Å². The van der Waals surface area contributed by atoms with Gasteiger partial charge in [0.25, 0.3) is 11.5 Å². The summed E-state index contributed by atoms with van der Waals surface area (Å²) in [4.78, 5) is 48.8. The second-order valence-electron chi connectivity index (χ2n) is 8.09. The number of aromatic amines is 1. The molecule has 196 valence electrons. The third kappa shape index (κ3) is 5.03. The van der Waals surface area contributed by atoms with Crippen molar-refractivity contribution in [3.8, 4) is 28.7 Å². The Morgan fingerprint density at radius 2 is 1.69 bits per heavy atom. The molecule has 5 rings (SSSR count). The number of nitrogens with zero attached hydrogens (tertiary/aromatic N) is 3. The van der Waals surface area contributed by atoms with E-state index in [1.54, 1.807) is 30.5 Å². The van der Waals surface area contributed by atoms with E-state index in [1.165, 1.54) is 38.6 Å². The summed E-state index contributed by atoms with van der Waals surface area (Å²) in [7, 11) is 3.07. The minimum atomic E-state index is -0.876. The molecule has 0 saturated heterocycles. The van der Waals surface area contributed by atoms with Crippen LogP contribution in [0.2, 0.25) is 0 Å². The van der Waals surface area contributed by atoms with Gasteiger partial charge in [-0.25, -0.2) is 18.7 Å². The standard InChI is InChI=1S/C27H20FN5O6/c1-37-22-11-18-20(12-23(22)38-2)29-10-9-21(18)39-17-7-8-24(30-13-17)32-25(34)19-14-31-27(36)33(26(19)35)16-5-3-15(28)4-6-16/h3-14H,1-2H3,(H,31,36)(H,30,32,34). The second kappa shape index (κ2) is 10.5. The highest BCUT2D eigenvalue weighted by Gasteiger charge is 2.17. The molecule has 0 radical (unpaired) electrons. The number of pyridine rings is 2. The summed E-state index contributed by atoms with van der Waals surface area (Å²) in [5.41, 5.74) is -1.25. The number of halogens is 1. The van der Waals surface area contributed by atoms with Gasteiger partial charge in [0.05, 0.1) is 31.6 Å². The van der Waals surface area contributed by atoms with Crippen molar-refractivity contribution in [2.75, 3.05) is 19.5 Å². The van der Waals surface area contributed by atoms with E-state index < -0.39 is 23.0 Å². The predicted molar refractivity (Wildman–Crippen MR) is 140 cm³/mol. The number of methoxy groups -OCH3 is 2. The molecule has 11 nitrogen and oxygen atoms in total. The Labute approximate surface area is 219 Å². The van der Waals surface area contributed by atoms with E-state index in [0.717, 1.165) is 22.9 Å². The van der Waals surface area contributed by atoms with Crippen LogP contribution in [0.15, 0.2) is 82.8 Å². The number of benzene rings is 2. The molecule has 0 unspecified atom stereocenters. The van der Waals surface area contributed by atoms with Crippen molar-refractivity contribution < 1.29 is 23.4 Å². The zero-order chi connectivity index (χ0) is 27.5. The van der Waals surface area contributed by atoms with Crippen LogP contribution in [0.3, 0.4) is 0 Å². The van der Waals surface area contributed by atoms with Crippen LogP contribution in [-0.4, -0.2) is 39.6 Å².